The molecule has 136 valence electrons. The number of nitrogens with zero attached hydrogens (tertiary/aromatic N) is 1. The van der Waals surface area contributed by atoms with E-state index in [-0.39, 0.29) is 11.9 Å². The van der Waals surface area contributed by atoms with Gasteiger partial charge in [-0.25, -0.2) is 4.79 Å². The number of nitrogens with one attached hydrogen (secondary N) is 2. The molecule has 0 aliphatic carbocycles. The summed E-state index contributed by atoms with van der Waals surface area (Å²) in [4.78, 5) is 26.8. The Morgan fingerprint density at radius 2 is 1.77 bits per heavy atom. The number of hydrogen-bond donors (Lipinski definition) is 2. The van der Waals surface area contributed by atoms with Crippen LogP contribution < -0.4 is 15.5 Å². The molecule has 5 nitrogen and oxygen atoms in total. The first-order valence-electron chi connectivity index (χ1n) is 8.88. The highest BCUT2D eigenvalue weighted by atomic mass is 16.2. The molecule has 1 heterocycles. The summed E-state index contributed by atoms with van der Waals surface area (Å²) in [5, 5.41) is 5.66. The van der Waals surface area contributed by atoms with E-state index in [1.165, 1.54) is 0 Å². The summed E-state index contributed by atoms with van der Waals surface area (Å²) in [6.07, 6.45) is 0.603. The first-order chi connectivity index (χ1) is 12.3. The Kier molecular flexibility index (Phi) is 4.98. The standard InChI is InChI=1S/C21H25N3O2/c1-13-10-14(2)12-17(11-13)24-9-8-19(20(24)25)23-21(26)22-18-7-5-6-15(3)16(18)4/h5-7,10-12,19H,8-9H2,1-4H3,(H2,22,23,26)/t19-/m1/s1. The quantitative estimate of drug-likeness (QED) is 0.882. The number of carbonyl (C=O) groups excluding carboxylic acids is 2. The molecule has 5 heteroatoms. The van der Waals surface area contributed by atoms with Crippen LogP contribution in [0.4, 0.5) is 16.2 Å². The average Bonchev–Trinajstić information content (AvgIpc) is 2.92. The Bertz CT molecular complexity index is 840. The van der Waals surface area contributed by atoms with Crippen molar-refractivity contribution in [1.82, 2.24) is 5.32 Å². The van der Waals surface area contributed by atoms with E-state index < -0.39 is 6.04 Å². The van der Waals surface area contributed by atoms with Gasteiger partial charge in [-0.05, 0) is 74.6 Å². The predicted octanol–water partition coefficient (Wildman–Crippen LogP) is 3.85. The van der Waals surface area contributed by atoms with Crippen molar-refractivity contribution < 1.29 is 9.59 Å². The third-order valence-corrected chi connectivity index (χ3v) is 4.88. The molecule has 0 radical (unpaired) electrons. The second kappa shape index (κ2) is 7.20. The molecule has 3 amide bonds. The highest BCUT2D eigenvalue weighted by Crippen LogP contribution is 2.24. The van der Waals surface area contributed by atoms with Crippen LogP contribution in [-0.2, 0) is 4.79 Å². The highest BCUT2D eigenvalue weighted by molar-refractivity contribution is 6.02. The molecule has 1 aliphatic heterocycles. The van der Waals surface area contributed by atoms with Crippen LogP contribution in [0, 0.1) is 27.7 Å². The van der Waals surface area contributed by atoms with Crippen molar-refractivity contribution in [2.75, 3.05) is 16.8 Å². The molecule has 0 spiro atoms. The van der Waals surface area contributed by atoms with E-state index in [9.17, 15) is 9.59 Å². The lowest BCUT2D eigenvalue weighted by Gasteiger charge is -2.19. The fraction of sp³-hybridized carbons (Fsp3) is 0.333. The van der Waals surface area contributed by atoms with Gasteiger partial charge in [-0.2, -0.15) is 0 Å². The molecule has 3 rings (SSSR count). The van der Waals surface area contributed by atoms with E-state index in [2.05, 4.69) is 16.7 Å². The summed E-state index contributed by atoms with van der Waals surface area (Å²) in [7, 11) is 0. The van der Waals surface area contributed by atoms with Gasteiger partial charge in [0.1, 0.15) is 6.04 Å². The van der Waals surface area contributed by atoms with Crippen molar-refractivity contribution in [2.24, 2.45) is 0 Å². The largest absolute Gasteiger partial charge is 0.326 e. The summed E-state index contributed by atoms with van der Waals surface area (Å²) in [5.74, 6) is -0.0638. The number of amides is 3. The van der Waals surface area contributed by atoms with Gasteiger partial charge >= 0.3 is 6.03 Å². The molecule has 0 aromatic heterocycles. The maximum absolute atomic E-state index is 12.7. The third-order valence-electron chi connectivity index (χ3n) is 4.88. The number of benzene rings is 2. The van der Waals surface area contributed by atoms with Crippen molar-refractivity contribution in [3.8, 4) is 0 Å². The molecule has 0 unspecified atom stereocenters. The van der Waals surface area contributed by atoms with Crippen molar-refractivity contribution in [1.29, 1.82) is 0 Å². The minimum absolute atomic E-state index is 0.0638. The van der Waals surface area contributed by atoms with E-state index in [1.54, 1.807) is 4.90 Å². The molecule has 0 saturated carbocycles. The van der Waals surface area contributed by atoms with Crippen LogP contribution in [0.25, 0.3) is 0 Å². The van der Waals surface area contributed by atoms with Gasteiger partial charge in [0.2, 0.25) is 5.91 Å². The van der Waals surface area contributed by atoms with E-state index in [1.807, 2.05) is 58.0 Å². The van der Waals surface area contributed by atoms with E-state index in [0.29, 0.717) is 13.0 Å². The van der Waals surface area contributed by atoms with Gasteiger partial charge in [0, 0.05) is 17.9 Å². The maximum atomic E-state index is 12.7. The monoisotopic (exact) mass is 351 g/mol. The SMILES string of the molecule is Cc1cc(C)cc(N2CC[C@@H](NC(=O)Nc3cccc(C)c3C)C2=O)c1. The number of anilines is 2. The fourth-order valence-electron chi connectivity index (χ4n) is 3.38. The zero-order chi connectivity index (χ0) is 18.8. The number of carbonyl (C=O) groups is 2. The molecule has 0 bridgehead atoms. The molecular weight excluding hydrogens is 326 g/mol. The molecule has 2 N–H and O–H groups in total. The summed E-state index contributed by atoms with van der Waals surface area (Å²) in [6.45, 7) is 8.61. The Morgan fingerprint density at radius 1 is 1.08 bits per heavy atom. The average molecular weight is 351 g/mol. The van der Waals surface area contributed by atoms with Gasteiger partial charge in [-0.3, -0.25) is 4.79 Å². The van der Waals surface area contributed by atoms with Gasteiger partial charge in [-0.15, -0.1) is 0 Å². The van der Waals surface area contributed by atoms with Gasteiger partial charge in [0.15, 0.2) is 0 Å². The van der Waals surface area contributed by atoms with Gasteiger partial charge < -0.3 is 15.5 Å². The van der Waals surface area contributed by atoms with E-state index >= 15 is 0 Å². The van der Waals surface area contributed by atoms with Crippen LogP contribution in [-0.4, -0.2) is 24.5 Å². The minimum atomic E-state index is -0.499. The third kappa shape index (κ3) is 3.72. The minimum Gasteiger partial charge on any atom is -0.326 e. The molecule has 2 aromatic carbocycles. The Morgan fingerprint density at radius 3 is 2.46 bits per heavy atom. The molecule has 2 aromatic rings. The smallest absolute Gasteiger partial charge is 0.319 e. The highest BCUT2D eigenvalue weighted by Gasteiger charge is 2.33. The predicted molar refractivity (Wildman–Crippen MR) is 105 cm³/mol. The zero-order valence-electron chi connectivity index (χ0n) is 15.7. The summed E-state index contributed by atoms with van der Waals surface area (Å²) in [6, 6.07) is 11.0. The van der Waals surface area contributed by atoms with Crippen molar-refractivity contribution in [2.45, 2.75) is 40.2 Å². The topological polar surface area (TPSA) is 61.4 Å². The van der Waals surface area contributed by atoms with Crippen molar-refractivity contribution in [3.63, 3.8) is 0 Å². The normalized spacial score (nSPS) is 16.7. The zero-order valence-corrected chi connectivity index (χ0v) is 15.7. The van der Waals surface area contributed by atoms with Crippen LogP contribution in [0.5, 0.6) is 0 Å². The number of rotatable bonds is 3. The summed E-state index contributed by atoms with van der Waals surface area (Å²) < 4.78 is 0. The molecular formula is C21H25N3O2. The van der Waals surface area contributed by atoms with Gasteiger partial charge in [0.25, 0.3) is 0 Å². The fourth-order valence-corrected chi connectivity index (χ4v) is 3.38. The summed E-state index contributed by atoms with van der Waals surface area (Å²) >= 11 is 0. The molecule has 1 fully saturated rings. The van der Waals surface area contributed by atoms with Crippen LogP contribution >= 0.6 is 0 Å². The Balaban J connectivity index is 1.67. The molecule has 1 saturated heterocycles. The van der Waals surface area contributed by atoms with Gasteiger partial charge in [-0.1, -0.05) is 18.2 Å². The van der Waals surface area contributed by atoms with E-state index in [0.717, 1.165) is 33.6 Å². The van der Waals surface area contributed by atoms with E-state index in [4.69, 9.17) is 0 Å². The van der Waals surface area contributed by atoms with Crippen molar-refractivity contribution in [3.05, 3.63) is 58.7 Å². The maximum Gasteiger partial charge on any atom is 0.319 e. The Labute approximate surface area is 154 Å². The molecule has 1 atom stereocenters. The first kappa shape index (κ1) is 18.0. The number of hydrogen-bond acceptors (Lipinski definition) is 2. The number of aryl methyl sites for hydroxylation is 3. The second-order valence-corrected chi connectivity index (χ2v) is 7.02. The van der Waals surface area contributed by atoms with Crippen molar-refractivity contribution >= 4 is 23.3 Å². The lowest BCUT2D eigenvalue weighted by atomic mass is 10.1. The summed E-state index contributed by atoms with van der Waals surface area (Å²) in [5.41, 5.74) is 6.04. The first-order valence-corrected chi connectivity index (χ1v) is 8.88. The van der Waals surface area contributed by atoms with Crippen LogP contribution in [0.2, 0.25) is 0 Å². The lowest BCUT2D eigenvalue weighted by molar-refractivity contribution is -0.118. The van der Waals surface area contributed by atoms with Crippen LogP contribution in [0.1, 0.15) is 28.7 Å². The van der Waals surface area contributed by atoms with Gasteiger partial charge in [0.05, 0.1) is 0 Å². The second-order valence-electron chi connectivity index (χ2n) is 7.02. The lowest BCUT2D eigenvalue weighted by Crippen LogP contribution is -2.43. The van der Waals surface area contributed by atoms with Crippen LogP contribution in [0.3, 0.4) is 0 Å². The molecule has 26 heavy (non-hydrogen) atoms. The Hall–Kier alpha value is -2.82. The molecule has 1 aliphatic rings. The number of urea groups is 1. The van der Waals surface area contributed by atoms with Crippen LogP contribution in [0.15, 0.2) is 36.4 Å².